The lowest BCUT2D eigenvalue weighted by Gasteiger charge is -2.39. The third-order valence-electron chi connectivity index (χ3n) is 7.54. The minimum absolute atomic E-state index is 0.00920. The van der Waals surface area contributed by atoms with E-state index in [1.54, 1.807) is 24.3 Å². The van der Waals surface area contributed by atoms with Crippen molar-refractivity contribution in [3.05, 3.63) is 87.0 Å². The Labute approximate surface area is 245 Å². The number of phenols is 1. The summed E-state index contributed by atoms with van der Waals surface area (Å²) in [4.78, 5) is 39.2. The van der Waals surface area contributed by atoms with E-state index >= 15 is 0 Å². The molecule has 43 heavy (non-hydrogen) atoms. The second-order valence-electron chi connectivity index (χ2n) is 10.5. The normalized spacial score (nSPS) is 23.0. The van der Waals surface area contributed by atoms with E-state index in [2.05, 4.69) is 0 Å². The van der Waals surface area contributed by atoms with Crippen LogP contribution < -0.4 is 9.47 Å². The summed E-state index contributed by atoms with van der Waals surface area (Å²) in [6.45, 7) is 1.69. The molecule has 1 saturated heterocycles. The first-order valence-electron chi connectivity index (χ1n) is 13.4. The Bertz CT molecular complexity index is 1610. The molecule has 1 aliphatic carbocycles. The number of ether oxygens (including phenoxy) is 3. The van der Waals surface area contributed by atoms with Crippen LogP contribution in [0, 0.1) is 0 Å². The van der Waals surface area contributed by atoms with Crippen LogP contribution in [-0.2, 0) is 29.2 Å². The average Bonchev–Trinajstić information content (AvgIpc) is 2.98. The molecular formula is C31H30O12. The van der Waals surface area contributed by atoms with Crippen molar-refractivity contribution in [2.75, 3.05) is 0 Å². The molecule has 2 aliphatic rings. The predicted molar refractivity (Wildman–Crippen MR) is 147 cm³/mol. The number of hydrogen-bond donors (Lipinski definition) is 6. The van der Waals surface area contributed by atoms with Crippen molar-refractivity contribution >= 4 is 17.5 Å². The van der Waals surface area contributed by atoms with E-state index in [1.165, 1.54) is 25.1 Å². The van der Waals surface area contributed by atoms with Crippen molar-refractivity contribution in [1.82, 2.24) is 0 Å². The Morgan fingerprint density at radius 3 is 2.26 bits per heavy atom. The van der Waals surface area contributed by atoms with Gasteiger partial charge in [0, 0.05) is 35.6 Å². The molecule has 5 atom stereocenters. The van der Waals surface area contributed by atoms with Crippen LogP contribution in [0.2, 0.25) is 0 Å². The van der Waals surface area contributed by atoms with E-state index < -0.39 is 60.6 Å². The monoisotopic (exact) mass is 594 g/mol. The van der Waals surface area contributed by atoms with Crippen molar-refractivity contribution in [1.29, 1.82) is 0 Å². The van der Waals surface area contributed by atoms with Crippen LogP contribution in [0.1, 0.15) is 67.9 Å². The highest BCUT2D eigenvalue weighted by atomic mass is 16.7. The van der Waals surface area contributed by atoms with Gasteiger partial charge in [-0.15, -0.1) is 0 Å². The van der Waals surface area contributed by atoms with Crippen LogP contribution in [0.3, 0.4) is 0 Å². The summed E-state index contributed by atoms with van der Waals surface area (Å²) < 4.78 is 16.6. The van der Waals surface area contributed by atoms with Gasteiger partial charge in [-0.3, -0.25) is 14.4 Å². The summed E-state index contributed by atoms with van der Waals surface area (Å²) in [5, 5.41) is 62.2. The third kappa shape index (κ3) is 5.52. The van der Waals surface area contributed by atoms with Crippen LogP contribution in [0.15, 0.2) is 42.5 Å². The first-order chi connectivity index (χ1) is 20.4. The number of aliphatic hydroxyl groups is 5. The van der Waals surface area contributed by atoms with Crippen molar-refractivity contribution in [3.63, 3.8) is 0 Å². The first kappa shape index (κ1) is 30.3. The molecule has 1 fully saturated rings. The topological polar surface area (TPSA) is 200 Å². The zero-order valence-corrected chi connectivity index (χ0v) is 23.2. The Morgan fingerprint density at radius 1 is 0.884 bits per heavy atom. The molecule has 0 aromatic heterocycles. The molecule has 12 heteroatoms. The molecule has 226 valence electrons. The van der Waals surface area contributed by atoms with Crippen LogP contribution >= 0.6 is 0 Å². The lowest BCUT2D eigenvalue weighted by Crippen LogP contribution is -2.58. The van der Waals surface area contributed by atoms with Gasteiger partial charge < -0.3 is 44.8 Å². The number of ketones is 2. The summed E-state index contributed by atoms with van der Waals surface area (Å²) >= 11 is 0. The zero-order chi connectivity index (χ0) is 31.2. The van der Waals surface area contributed by atoms with Crippen LogP contribution in [-0.4, -0.2) is 78.9 Å². The fraction of sp³-hybridized carbons (Fsp3) is 0.323. The molecule has 0 bridgehead atoms. The molecule has 1 aliphatic heterocycles. The Morgan fingerprint density at radius 2 is 1.58 bits per heavy atom. The standard InChI is InChI=1S/C31H30O12/c1-13-25(35)29(39)30(40)31(41-13)43-22-10-21-24(27(37)19(22)7-15-4-3-5-16(6-15)11-32)28(38)23-17(12-33)8-18(42-14(2)34)9-20(23)26(21)36/h3-6,8-10,13,25,29-33,35,37,39-40H,7,11-12H2,1-2H3/t13-,25+,29+,30+,31+/m0/s1. The maximum Gasteiger partial charge on any atom is 0.308 e. The van der Waals surface area contributed by atoms with Gasteiger partial charge in [0.25, 0.3) is 0 Å². The van der Waals surface area contributed by atoms with Gasteiger partial charge in [-0.2, -0.15) is 0 Å². The van der Waals surface area contributed by atoms with Gasteiger partial charge in [-0.25, -0.2) is 0 Å². The van der Waals surface area contributed by atoms with E-state index in [1.807, 2.05) is 0 Å². The number of aromatic hydroxyl groups is 1. The summed E-state index contributed by atoms with van der Waals surface area (Å²) in [6, 6.07) is 10.4. The van der Waals surface area contributed by atoms with E-state index in [0.717, 1.165) is 6.92 Å². The van der Waals surface area contributed by atoms with Crippen LogP contribution in [0.5, 0.6) is 17.2 Å². The largest absolute Gasteiger partial charge is 0.507 e. The number of carbonyl (C=O) groups is 3. The van der Waals surface area contributed by atoms with E-state index in [4.69, 9.17) is 14.2 Å². The lowest BCUT2D eigenvalue weighted by molar-refractivity contribution is -0.268. The molecule has 0 saturated carbocycles. The summed E-state index contributed by atoms with van der Waals surface area (Å²) in [7, 11) is 0. The quantitative estimate of drug-likeness (QED) is 0.131. The van der Waals surface area contributed by atoms with Crippen molar-refractivity contribution in [2.24, 2.45) is 0 Å². The molecule has 1 heterocycles. The van der Waals surface area contributed by atoms with Crippen LogP contribution in [0.4, 0.5) is 0 Å². The molecule has 0 spiro atoms. The Hall–Kier alpha value is -4.17. The molecule has 5 rings (SSSR count). The fourth-order valence-corrected chi connectivity index (χ4v) is 5.39. The highest BCUT2D eigenvalue weighted by Gasteiger charge is 2.44. The van der Waals surface area contributed by atoms with E-state index in [9.17, 15) is 45.0 Å². The second kappa shape index (κ2) is 11.8. The Balaban J connectivity index is 1.67. The minimum Gasteiger partial charge on any atom is -0.507 e. The number of aliphatic hydroxyl groups excluding tert-OH is 5. The van der Waals surface area contributed by atoms with Crippen molar-refractivity contribution < 1.29 is 59.2 Å². The minimum atomic E-state index is -1.72. The van der Waals surface area contributed by atoms with Crippen molar-refractivity contribution in [3.8, 4) is 17.2 Å². The van der Waals surface area contributed by atoms with E-state index in [-0.39, 0.29) is 57.9 Å². The van der Waals surface area contributed by atoms with Gasteiger partial charge in [-0.1, -0.05) is 24.3 Å². The molecule has 6 N–H and O–H groups in total. The summed E-state index contributed by atoms with van der Waals surface area (Å²) in [5.41, 5.74) is 0.269. The Kier molecular flexibility index (Phi) is 8.34. The van der Waals surface area contributed by atoms with Gasteiger partial charge in [0.1, 0.15) is 35.6 Å². The molecule has 12 nitrogen and oxygen atoms in total. The fourth-order valence-electron chi connectivity index (χ4n) is 5.39. The first-order valence-corrected chi connectivity index (χ1v) is 13.4. The molecule has 0 amide bonds. The summed E-state index contributed by atoms with van der Waals surface area (Å²) in [5.74, 6) is -3.02. The zero-order valence-electron chi connectivity index (χ0n) is 23.2. The van der Waals surface area contributed by atoms with Gasteiger partial charge >= 0.3 is 5.97 Å². The number of phenolic OH excluding ortho intramolecular Hbond substituents is 1. The number of benzene rings is 3. The van der Waals surface area contributed by atoms with Gasteiger partial charge in [-0.05, 0) is 41.8 Å². The molecular weight excluding hydrogens is 564 g/mol. The third-order valence-corrected chi connectivity index (χ3v) is 7.54. The van der Waals surface area contributed by atoms with Gasteiger partial charge in [0.2, 0.25) is 6.29 Å². The molecule has 3 aromatic carbocycles. The maximum atomic E-state index is 13.8. The SMILES string of the molecule is CC(=O)Oc1cc(CO)c2c(c1)C(=O)c1cc(O[C@H]3O[C@@H](C)[C@@H](O)[C@@H](O)[C@H]3O)c(Cc3cccc(CO)c3)c(O)c1C2=O. The summed E-state index contributed by atoms with van der Waals surface area (Å²) in [6.07, 6.45) is -7.30. The van der Waals surface area contributed by atoms with Gasteiger partial charge in [0.15, 0.2) is 11.6 Å². The highest BCUT2D eigenvalue weighted by Crippen LogP contribution is 2.43. The number of fused-ring (bicyclic) bond motifs is 2. The average molecular weight is 595 g/mol. The number of hydrogen-bond acceptors (Lipinski definition) is 12. The van der Waals surface area contributed by atoms with E-state index in [0.29, 0.717) is 11.1 Å². The highest BCUT2D eigenvalue weighted by molar-refractivity contribution is 6.30. The van der Waals surface area contributed by atoms with Crippen molar-refractivity contribution in [2.45, 2.75) is 64.2 Å². The second-order valence-corrected chi connectivity index (χ2v) is 10.5. The van der Waals surface area contributed by atoms with Gasteiger partial charge in [0.05, 0.1) is 24.9 Å². The lowest BCUT2D eigenvalue weighted by atomic mass is 9.79. The molecule has 0 unspecified atom stereocenters. The number of esters is 1. The number of carbonyl (C=O) groups excluding carboxylic acids is 3. The number of rotatable bonds is 7. The predicted octanol–water partition coefficient (Wildman–Crippen LogP) is 0.875. The smallest absolute Gasteiger partial charge is 0.308 e. The molecule has 0 radical (unpaired) electrons. The maximum absolute atomic E-state index is 13.8. The van der Waals surface area contributed by atoms with Crippen LogP contribution in [0.25, 0.3) is 0 Å². The molecule has 3 aromatic rings.